The van der Waals surface area contributed by atoms with E-state index in [9.17, 15) is 22.8 Å². The highest BCUT2D eigenvalue weighted by Gasteiger charge is 2.37. The Morgan fingerprint density at radius 1 is 0.848 bits per heavy atom. The summed E-state index contributed by atoms with van der Waals surface area (Å²) in [6.07, 6.45) is 1.17. The van der Waals surface area contributed by atoms with Gasteiger partial charge in [-0.25, -0.2) is 9.69 Å². The predicted molar refractivity (Wildman–Crippen MR) is 121 cm³/mol. The number of hydrogen-bond donors (Lipinski definition) is 1. The molecular formula is C23H15ClN2O6S. The number of imide groups is 2. The zero-order chi connectivity index (χ0) is 23.6. The van der Waals surface area contributed by atoms with Crippen LogP contribution < -0.4 is 14.4 Å². The summed E-state index contributed by atoms with van der Waals surface area (Å²) in [5.74, 6) is -1.87. The summed E-state index contributed by atoms with van der Waals surface area (Å²) in [5, 5.41) is 2.47. The summed E-state index contributed by atoms with van der Waals surface area (Å²) in [6, 6.07) is 18.6. The number of amides is 4. The van der Waals surface area contributed by atoms with Gasteiger partial charge in [0.15, 0.2) is 0 Å². The van der Waals surface area contributed by atoms with E-state index in [0.29, 0.717) is 5.02 Å². The second kappa shape index (κ2) is 8.89. The Morgan fingerprint density at radius 2 is 1.48 bits per heavy atom. The monoisotopic (exact) mass is 482 g/mol. The number of nitrogens with one attached hydrogen (secondary N) is 1. The molecule has 1 heterocycles. The molecule has 0 bridgehead atoms. The molecule has 8 nitrogen and oxygen atoms in total. The van der Waals surface area contributed by atoms with Gasteiger partial charge in [-0.15, -0.1) is 0 Å². The van der Waals surface area contributed by atoms with Crippen LogP contribution in [0, 0.1) is 0 Å². The van der Waals surface area contributed by atoms with Crippen molar-refractivity contribution in [1.29, 1.82) is 0 Å². The fraction of sp³-hybridized carbons (Fsp3) is 0. The largest absolute Gasteiger partial charge is 0.378 e. The molecule has 1 aliphatic rings. The van der Waals surface area contributed by atoms with Gasteiger partial charge in [0.2, 0.25) is 0 Å². The van der Waals surface area contributed by atoms with Crippen molar-refractivity contribution >= 4 is 51.3 Å². The van der Waals surface area contributed by atoms with Crippen molar-refractivity contribution in [1.82, 2.24) is 5.32 Å². The summed E-state index contributed by atoms with van der Waals surface area (Å²) >= 11 is 5.81. The van der Waals surface area contributed by atoms with Crippen LogP contribution in [0.25, 0.3) is 6.08 Å². The van der Waals surface area contributed by atoms with E-state index in [2.05, 4.69) is 5.32 Å². The Kier molecular flexibility index (Phi) is 5.99. The van der Waals surface area contributed by atoms with E-state index in [-0.39, 0.29) is 27.5 Å². The van der Waals surface area contributed by atoms with E-state index < -0.39 is 28.0 Å². The van der Waals surface area contributed by atoms with Crippen LogP contribution in [-0.2, 0) is 19.7 Å². The van der Waals surface area contributed by atoms with E-state index in [0.717, 1.165) is 4.90 Å². The van der Waals surface area contributed by atoms with Crippen LogP contribution in [0.4, 0.5) is 10.5 Å². The molecule has 166 valence electrons. The van der Waals surface area contributed by atoms with Gasteiger partial charge in [-0.05, 0) is 48.5 Å². The third-order valence-corrected chi connectivity index (χ3v) is 6.14. The molecule has 33 heavy (non-hydrogen) atoms. The highest BCUT2D eigenvalue weighted by atomic mass is 35.5. The van der Waals surface area contributed by atoms with Crippen LogP contribution in [-0.4, -0.2) is 26.3 Å². The number of urea groups is 1. The van der Waals surface area contributed by atoms with Gasteiger partial charge < -0.3 is 4.18 Å². The zero-order valence-electron chi connectivity index (χ0n) is 16.8. The Labute approximate surface area is 194 Å². The highest BCUT2D eigenvalue weighted by molar-refractivity contribution is 7.87. The van der Waals surface area contributed by atoms with E-state index in [1.807, 2.05) is 0 Å². The van der Waals surface area contributed by atoms with Gasteiger partial charge in [0.05, 0.1) is 5.69 Å². The first-order valence-corrected chi connectivity index (χ1v) is 11.3. The second-order valence-corrected chi connectivity index (χ2v) is 8.81. The first-order valence-electron chi connectivity index (χ1n) is 9.52. The third kappa shape index (κ3) is 4.64. The van der Waals surface area contributed by atoms with Crippen LogP contribution in [0.3, 0.4) is 0 Å². The number of barbiturate groups is 1. The fourth-order valence-electron chi connectivity index (χ4n) is 3.07. The van der Waals surface area contributed by atoms with Crippen molar-refractivity contribution < 1.29 is 27.0 Å². The summed E-state index contributed by atoms with van der Waals surface area (Å²) in [6.45, 7) is 0. The molecular weight excluding hydrogens is 468 g/mol. The smallest absolute Gasteiger partial charge is 0.339 e. The molecule has 3 aromatic rings. The Balaban J connectivity index is 1.71. The first kappa shape index (κ1) is 22.3. The molecule has 0 unspecified atom stereocenters. The van der Waals surface area contributed by atoms with E-state index in [4.69, 9.17) is 15.8 Å². The average Bonchev–Trinajstić information content (AvgIpc) is 2.78. The topological polar surface area (TPSA) is 110 Å². The number of nitrogens with zero attached hydrogens (tertiary/aromatic N) is 1. The maximum Gasteiger partial charge on any atom is 0.339 e. The lowest BCUT2D eigenvalue weighted by atomic mass is 10.1. The van der Waals surface area contributed by atoms with Gasteiger partial charge in [-0.3, -0.25) is 14.9 Å². The lowest BCUT2D eigenvalue weighted by Crippen LogP contribution is -2.54. The number of carbonyl (C=O) groups excluding carboxylic acids is 3. The summed E-state index contributed by atoms with van der Waals surface area (Å²) in [5.41, 5.74) is 0.0579. The number of halogens is 1. The van der Waals surface area contributed by atoms with Crippen molar-refractivity contribution in [3.63, 3.8) is 0 Å². The van der Waals surface area contributed by atoms with Gasteiger partial charge in [0.25, 0.3) is 11.8 Å². The minimum absolute atomic E-state index is 0.108. The quantitative estimate of drug-likeness (QED) is 0.337. The van der Waals surface area contributed by atoms with E-state index in [1.54, 1.807) is 36.4 Å². The summed E-state index contributed by atoms with van der Waals surface area (Å²) in [4.78, 5) is 38.4. The van der Waals surface area contributed by atoms with E-state index >= 15 is 0 Å². The van der Waals surface area contributed by atoms with Crippen molar-refractivity contribution in [2.45, 2.75) is 4.90 Å². The molecule has 1 N–H and O–H groups in total. The van der Waals surface area contributed by atoms with Gasteiger partial charge in [0, 0.05) is 10.6 Å². The minimum atomic E-state index is -4.22. The van der Waals surface area contributed by atoms with Crippen LogP contribution in [0.5, 0.6) is 5.75 Å². The normalized spacial score (nSPS) is 15.5. The number of para-hydroxylation sites is 2. The van der Waals surface area contributed by atoms with Gasteiger partial charge >= 0.3 is 16.1 Å². The third-order valence-electron chi connectivity index (χ3n) is 4.64. The van der Waals surface area contributed by atoms with Crippen LogP contribution in [0.1, 0.15) is 5.56 Å². The molecule has 3 aromatic carbocycles. The predicted octanol–water partition coefficient (Wildman–Crippen LogP) is 3.77. The lowest BCUT2D eigenvalue weighted by molar-refractivity contribution is -0.122. The van der Waals surface area contributed by atoms with Crippen molar-refractivity contribution in [2.24, 2.45) is 0 Å². The summed E-state index contributed by atoms with van der Waals surface area (Å²) < 4.78 is 30.6. The SMILES string of the molecule is O=C1NC(=O)N(c2ccccc2)C(=O)/C1=C/c1ccccc1OS(=O)(=O)c1ccc(Cl)cc1. The molecule has 0 spiro atoms. The number of hydrogen-bond acceptors (Lipinski definition) is 6. The number of carbonyl (C=O) groups is 3. The molecule has 1 saturated heterocycles. The van der Waals surface area contributed by atoms with Crippen molar-refractivity contribution in [2.75, 3.05) is 4.90 Å². The Bertz CT molecular complexity index is 1390. The molecule has 4 rings (SSSR count). The number of anilines is 1. The van der Waals surface area contributed by atoms with Gasteiger partial charge in [-0.1, -0.05) is 48.0 Å². The molecule has 1 fully saturated rings. The molecule has 0 aliphatic carbocycles. The molecule has 10 heteroatoms. The molecule has 1 aliphatic heterocycles. The first-order chi connectivity index (χ1) is 15.8. The molecule has 0 radical (unpaired) electrons. The van der Waals surface area contributed by atoms with Crippen molar-refractivity contribution in [3.8, 4) is 5.75 Å². The fourth-order valence-corrected chi connectivity index (χ4v) is 4.15. The lowest BCUT2D eigenvalue weighted by Gasteiger charge is -2.26. The second-order valence-electron chi connectivity index (χ2n) is 6.82. The number of benzene rings is 3. The Hall–Kier alpha value is -3.95. The zero-order valence-corrected chi connectivity index (χ0v) is 18.3. The molecule has 0 saturated carbocycles. The highest BCUT2D eigenvalue weighted by Crippen LogP contribution is 2.28. The van der Waals surface area contributed by atoms with Crippen LogP contribution in [0.15, 0.2) is 89.3 Å². The van der Waals surface area contributed by atoms with Gasteiger partial charge in [-0.2, -0.15) is 8.42 Å². The maximum atomic E-state index is 13.0. The molecule has 4 amide bonds. The molecule has 0 atom stereocenters. The summed E-state index contributed by atoms with van der Waals surface area (Å²) in [7, 11) is -4.22. The number of rotatable bonds is 5. The standard InChI is InChI=1S/C23H15ClN2O6S/c24-16-10-12-18(13-11-16)33(30,31)32-20-9-5-4-6-15(20)14-19-21(27)25-23(29)26(22(19)28)17-7-2-1-3-8-17/h1-14H,(H,25,27,29)/b19-14+. The van der Waals surface area contributed by atoms with Crippen molar-refractivity contribution in [3.05, 3.63) is 95.0 Å². The van der Waals surface area contributed by atoms with Crippen LogP contribution >= 0.6 is 11.6 Å². The Morgan fingerprint density at radius 3 is 2.18 bits per heavy atom. The average molecular weight is 483 g/mol. The van der Waals surface area contributed by atoms with Crippen LogP contribution in [0.2, 0.25) is 5.02 Å². The van der Waals surface area contributed by atoms with Gasteiger partial charge in [0.1, 0.15) is 16.2 Å². The maximum absolute atomic E-state index is 13.0. The molecule has 0 aromatic heterocycles. The van der Waals surface area contributed by atoms with E-state index in [1.165, 1.54) is 48.5 Å². The minimum Gasteiger partial charge on any atom is -0.378 e.